The standard InChI is InChI=1S/C9H12O2/c1-11-5-8-6-2-3-7(8)9(10)4-6/h2-3,6-8H,4-5H2,1H3/t6-,7-,8?/m0/s1. The minimum Gasteiger partial charge on any atom is -0.384 e. The monoisotopic (exact) mass is 152 g/mol. The third-order valence-electron chi connectivity index (χ3n) is 2.74. The van der Waals surface area contributed by atoms with Gasteiger partial charge in [0.15, 0.2) is 0 Å². The summed E-state index contributed by atoms with van der Waals surface area (Å²) in [4.78, 5) is 11.2. The van der Waals surface area contributed by atoms with E-state index in [-0.39, 0.29) is 5.92 Å². The minimum atomic E-state index is 0.181. The van der Waals surface area contributed by atoms with Crippen molar-refractivity contribution in [1.29, 1.82) is 0 Å². The van der Waals surface area contributed by atoms with Crippen LogP contribution >= 0.6 is 0 Å². The fourth-order valence-electron chi connectivity index (χ4n) is 2.17. The van der Waals surface area contributed by atoms with Crippen LogP contribution in [0.5, 0.6) is 0 Å². The Morgan fingerprint density at radius 2 is 2.45 bits per heavy atom. The average Bonchev–Trinajstić information content (AvgIpc) is 2.46. The Hall–Kier alpha value is -0.630. The van der Waals surface area contributed by atoms with E-state index in [2.05, 4.69) is 6.08 Å². The molecule has 0 aromatic heterocycles. The molecule has 2 aliphatic carbocycles. The summed E-state index contributed by atoms with van der Waals surface area (Å²) >= 11 is 0. The summed E-state index contributed by atoms with van der Waals surface area (Å²) in [6.45, 7) is 0.730. The van der Waals surface area contributed by atoms with Crippen LogP contribution in [-0.2, 0) is 9.53 Å². The molecule has 1 fully saturated rings. The molecule has 2 bridgehead atoms. The summed E-state index contributed by atoms with van der Waals surface area (Å²) in [7, 11) is 1.70. The van der Waals surface area contributed by atoms with Crippen molar-refractivity contribution in [3.05, 3.63) is 12.2 Å². The van der Waals surface area contributed by atoms with Crippen molar-refractivity contribution in [2.24, 2.45) is 17.8 Å². The summed E-state index contributed by atoms with van der Waals surface area (Å²) in [5, 5.41) is 0. The van der Waals surface area contributed by atoms with E-state index >= 15 is 0 Å². The fourth-order valence-corrected chi connectivity index (χ4v) is 2.17. The number of hydrogen-bond donors (Lipinski definition) is 0. The molecule has 1 saturated carbocycles. The van der Waals surface area contributed by atoms with E-state index in [1.807, 2.05) is 6.08 Å². The Morgan fingerprint density at radius 3 is 2.91 bits per heavy atom. The molecule has 11 heavy (non-hydrogen) atoms. The van der Waals surface area contributed by atoms with Crippen LogP contribution in [0.3, 0.4) is 0 Å². The summed E-state index contributed by atoms with van der Waals surface area (Å²) in [5.41, 5.74) is 0. The Labute approximate surface area is 66.2 Å². The molecule has 0 heterocycles. The molecule has 0 radical (unpaired) electrons. The number of allylic oxidation sites excluding steroid dienone is 2. The molecule has 3 atom stereocenters. The van der Waals surface area contributed by atoms with Gasteiger partial charge in [0.1, 0.15) is 5.78 Å². The quantitative estimate of drug-likeness (QED) is 0.552. The maximum Gasteiger partial charge on any atom is 0.140 e. The Morgan fingerprint density at radius 1 is 1.64 bits per heavy atom. The molecule has 1 unspecified atom stereocenters. The first kappa shape index (κ1) is 7.04. The van der Waals surface area contributed by atoms with Gasteiger partial charge in [0.25, 0.3) is 0 Å². The highest BCUT2D eigenvalue weighted by molar-refractivity contribution is 5.87. The van der Waals surface area contributed by atoms with Crippen molar-refractivity contribution in [2.45, 2.75) is 6.42 Å². The molecular weight excluding hydrogens is 140 g/mol. The van der Waals surface area contributed by atoms with E-state index in [0.29, 0.717) is 17.6 Å². The second kappa shape index (κ2) is 2.45. The maximum absolute atomic E-state index is 11.2. The lowest BCUT2D eigenvalue weighted by molar-refractivity contribution is -0.120. The molecule has 0 saturated heterocycles. The zero-order chi connectivity index (χ0) is 7.84. The number of ketones is 1. The first-order valence-electron chi connectivity index (χ1n) is 4.03. The number of Topliss-reactive ketones (excluding diaryl/α,β-unsaturated/α-hetero) is 1. The van der Waals surface area contributed by atoms with Gasteiger partial charge >= 0.3 is 0 Å². The van der Waals surface area contributed by atoms with Crippen LogP contribution in [0, 0.1) is 17.8 Å². The number of ether oxygens (including phenoxy) is 1. The van der Waals surface area contributed by atoms with Crippen LogP contribution in [0.15, 0.2) is 12.2 Å². The van der Waals surface area contributed by atoms with E-state index in [0.717, 1.165) is 13.0 Å². The third kappa shape index (κ3) is 0.932. The predicted molar refractivity (Wildman–Crippen MR) is 41.1 cm³/mol. The summed E-state index contributed by atoms with van der Waals surface area (Å²) < 4.78 is 5.06. The zero-order valence-corrected chi connectivity index (χ0v) is 6.62. The molecule has 0 amide bonds. The number of methoxy groups -OCH3 is 1. The van der Waals surface area contributed by atoms with Crippen molar-refractivity contribution in [3.63, 3.8) is 0 Å². The molecule has 0 aliphatic heterocycles. The van der Waals surface area contributed by atoms with Crippen LogP contribution in [0.25, 0.3) is 0 Å². The molecule has 2 nitrogen and oxygen atoms in total. The highest BCUT2D eigenvalue weighted by Gasteiger charge is 2.43. The topological polar surface area (TPSA) is 26.3 Å². The van der Waals surface area contributed by atoms with Gasteiger partial charge in [-0.15, -0.1) is 0 Å². The van der Waals surface area contributed by atoms with Crippen LogP contribution in [0.2, 0.25) is 0 Å². The zero-order valence-electron chi connectivity index (χ0n) is 6.62. The van der Waals surface area contributed by atoms with E-state index in [9.17, 15) is 4.79 Å². The molecule has 0 N–H and O–H groups in total. The van der Waals surface area contributed by atoms with Crippen molar-refractivity contribution in [3.8, 4) is 0 Å². The Bertz CT molecular complexity index is 208. The number of rotatable bonds is 2. The summed E-state index contributed by atoms with van der Waals surface area (Å²) in [6.07, 6.45) is 4.95. The number of fused-ring (bicyclic) bond motifs is 2. The second-order valence-corrected chi connectivity index (χ2v) is 3.36. The maximum atomic E-state index is 11.2. The number of carbonyl (C=O) groups excluding carboxylic acids is 1. The molecular formula is C9H12O2. The number of hydrogen-bond acceptors (Lipinski definition) is 2. The first-order chi connectivity index (χ1) is 5.33. The number of carbonyl (C=O) groups is 1. The van der Waals surface area contributed by atoms with Gasteiger partial charge in [-0.1, -0.05) is 12.2 Å². The summed E-state index contributed by atoms with van der Waals surface area (Å²) in [5.74, 6) is 1.51. The van der Waals surface area contributed by atoms with Gasteiger partial charge in [-0.2, -0.15) is 0 Å². The van der Waals surface area contributed by atoms with Crippen LogP contribution in [0.1, 0.15) is 6.42 Å². The largest absolute Gasteiger partial charge is 0.384 e. The SMILES string of the molecule is COCC1[C@@H]2C=C[C@H]1CC2=O. The smallest absolute Gasteiger partial charge is 0.140 e. The molecule has 0 aromatic carbocycles. The normalized spacial score (nSPS) is 40.5. The van der Waals surface area contributed by atoms with Crippen molar-refractivity contribution in [1.82, 2.24) is 0 Å². The van der Waals surface area contributed by atoms with Gasteiger partial charge in [-0.05, 0) is 5.92 Å². The summed E-state index contributed by atoms with van der Waals surface area (Å²) in [6, 6.07) is 0. The van der Waals surface area contributed by atoms with Gasteiger partial charge in [-0.25, -0.2) is 0 Å². The molecule has 2 rings (SSSR count). The van der Waals surface area contributed by atoms with Crippen molar-refractivity contribution < 1.29 is 9.53 Å². The van der Waals surface area contributed by atoms with Crippen LogP contribution in [-0.4, -0.2) is 19.5 Å². The Balaban J connectivity index is 2.11. The van der Waals surface area contributed by atoms with E-state index in [4.69, 9.17) is 4.74 Å². The van der Waals surface area contributed by atoms with E-state index < -0.39 is 0 Å². The lowest BCUT2D eigenvalue weighted by Gasteiger charge is -2.11. The van der Waals surface area contributed by atoms with E-state index in [1.165, 1.54) is 0 Å². The lowest BCUT2D eigenvalue weighted by Crippen LogP contribution is -2.15. The van der Waals surface area contributed by atoms with E-state index in [1.54, 1.807) is 7.11 Å². The van der Waals surface area contributed by atoms with Gasteiger partial charge in [0.2, 0.25) is 0 Å². The van der Waals surface area contributed by atoms with Crippen molar-refractivity contribution in [2.75, 3.05) is 13.7 Å². The molecule has 2 aliphatic rings. The fraction of sp³-hybridized carbons (Fsp3) is 0.667. The lowest BCUT2D eigenvalue weighted by atomic mass is 9.98. The average molecular weight is 152 g/mol. The third-order valence-corrected chi connectivity index (χ3v) is 2.74. The highest BCUT2D eigenvalue weighted by Crippen LogP contribution is 2.41. The van der Waals surface area contributed by atoms with Gasteiger partial charge < -0.3 is 4.74 Å². The predicted octanol–water partition coefficient (Wildman–Crippen LogP) is 1.02. The molecule has 2 heteroatoms. The minimum absolute atomic E-state index is 0.181. The van der Waals surface area contributed by atoms with Crippen LogP contribution < -0.4 is 0 Å². The second-order valence-electron chi connectivity index (χ2n) is 3.36. The van der Waals surface area contributed by atoms with Gasteiger partial charge in [0, 0.05) is 25.4 Å². The Kier molecular flexibility index (Phi) is 1.57. The highest BCUT2D eigenvalue weighted by atomic mass is 16.5. The molecule has 0 spiro atoms. The molecule has 60 valence electrons. The van der Waals surface area contributed by atoms with Gasteiger partial charge in [-0.3, -0.25) is 4.79 Å². The van der Waals surface area contributed by atoms with Gasteiger partial charge in [0.05, 0.1) is 6.61 Å². The van der Waals surface area contributed by atoms with Crippen molar-refractivity contribution >= 4 is 5.78 Å². The van der Waals surface area contributed by atoms with Crippen LogP contribution in [0.4, 0.5) is 0 Å². The first-order valence-corrected chi connectivity index (χ1v) is 4.03. The molecule has 0 aromatic rings.